The van der Waals surface area contributed by atoms with Crippen molar-refractivity contribution in [2.45, 2.75) is 0 Å². The van der Waals surface area contributed by atoms with E-state index in [0.29, 0.717) is 5.11 Å². The van der Waals surface area contributed by atoms with Crippen LogP contribution < -0.4 is 20.8 Å². The summed E-state index contributed by atoms with van der Waals surface area (Å²) >= 11 is 5.24. The van der Waals surface area contributed by atoms with Gasteiger partial charge in [-0.25, -0.2) is 0 Å². The van der Waals surface area contributed by atoms with Crippen molar-refractivity contribution in [3.8, 4) is 5.75 Å². The predicted molar refractivity (Wildman–Crippen MR) is 116 cm³/mol. The molecule has 3 aromatic carbocycles. The fourth-order valence-corrected chi connectivity index (χ4v) is 2.54. The first-order valence-corrected chi connectivity index (χ1v) is 8.80. The topological polar surface area (TPSA) is 57.7 Å². The lowest BCUT2D eigenvalue weighted by molar-refractivity contribution is 0.415. The number of ether oxygens (including phenoxy) is 1. The lowest BCUT2D eigenvalue weighted by atomic mass is 10.2. The van der Waals surface area contributed by atoms with Gasteiger partial charge in [0.05, 0.1) is 13.3 Å². The summed E-state index contributed by atoms with van der Waals surface area (Å²) in [5.74, 6) is 0.760. The normalized spacial score (nSPS) is 10.4. The van der Waals surface area contributed by atoms with E-state index in [2.05, 4.69) is 21.2 Å². The van der Waals surface area contributed by atoms with Crippen LogP contribution in [0.15, 0.2) is 84.0 Å². The predicted octanol–water partition coefficient (Wildman–Crippen LogP) is 4.76. The van der Waals surface area contributed by atoms with Crippen molar-refractivity contribution in [1.82, 2.24) is 5.43 Å². The third-order valence-corrected chi connectivity index (χ3v) is 3.87. The van der Waals surface area contributed by atoms with Crippen molar-refractivity contribution < 1.29 is 4.74 Å². The van der Waals surface area contributed by atoms with E-state index in [1.54, 1.807) is 13.3 Å². The number of nitrogens with one attached hydrogen (secondary N) is 3. The van der Waals surface area contributed by atoms with E-state index in [0.717, 1.165) is 28.4 Å². The molecule has 0 aromatic heterocycles. The van der Waals surface area contributed by atoms with E-state index in [4.69, 9.17) is 17.0 Å². The Morgan fingerprint density at radius 1 is 0.889 bits per heavy atom. The Kier molecular flexibility index (Phi) is 6.38. The highest BCUT2D eigenvalue weighted by Crippen LogP contribution is 2.17. The minimum Gasteiger partial charge on any atom is -0.497 e. The first-order chi connectivity index (χ1) is 13.2. The molecule has 0 bridgehead atoms. The number of anilines is 3. The van der Waals surface area contributed by atoms with Crippen LogP contribution in [0.25, 0.3) is 0 Å². The number of rotatable bonds is 6. The third-order valence-electron chi connectivity index (χ3n) is 3.68. The Balaban J connectivity index is 1.51. The summed E-state index contributed by atoms with van der Waals surface area (Å²) in [4.78, 5) is 0. The highest BCUT2D eigenvalue weighted by molar-refractivity contribution is 7.80. The van der Waals surface area contributed by atoms with Crippen molar-refractivity contribution in [3.05, 3.63) is 84.4 Å². The largest absolute Gasteiger partial charge is 0.497 e. The molecule has 0 saturated heterocycles. The van der Waals surface area contributed by atoms with Gasteiger partial charge in [-0.1, -0.05) is 36.4 Å². The fourth-order valence-electron chi connectivity index (χ4n) is 2.37. The molecule has 6 heteroatoms. The molecule has 0 aliphatic heterocycles. The first-order valence-electron chi connectivity index (χ1n) is 8.39. The van der Waals surface area contributed by atoms with Gasteiger partial charge >= 0.3 is 0 Å². The standard InChI is InChI=1S/C21H20N4OS/c1-26-20-9-5-8-19(14-20)24-21(27)25-22-15-16-10-12-18(13-11-16)23-17-6-3-2-4-7-17/h2-15,23H,1H3,(H2,24,25,27)/b22-15-. The van der Waals surface area contributed by atoms with Gasteiger partial charge in [0.15, 0.2) is 5.11 Å². The van der Waals surface area contributed by atoms with Gasteiger partial charge in [0.2, 0.25) is 0 Å². The number of hydrogen-bond acceptors (Lipinski definition) is 4. The zero-order chi connectivity index (χ0) is 18.9. The molecule has 27 heavy (non-hydrogen) atoms. The molecule has 0 aliphatic rings. The van der Waals surface area contributed by atoms with Crippen molar-refractivity contribution in [2.75, 3.05) is 17.7 Å². The van der Waals surface area contributed by atoms with Crippen LogP contribution in [0, 0.1) is 0 Å². The fraction of sp³-hybridized carbons (Fsp3) is 0.0476. The van der Waals surface area contributed by atoms with Crippen LogP contribution in [0.5, 0.6) is 5.75 Å². The number of hydrogen-bond donors (Lipinski definition) is 3. The number of benzene rings is 3. The molecule has 136 valence electrons. The quantitative estimate of drug-likeness (QED) is 0.329. The van der Waals surface area contributed by atoms with E-state index >= 15 is 0 Å². The number of methoxy groups -OCH3 is 1. The lowest BCUT2D eigenvalue weighted by Gasteiger charge is -2.08. The van der Waals surface area contributed by atoms with Crippen molar-refractivity contribution in [1.29, 1.82) is 0 Å². The van der Waals surface area contributed by atoms with Gasteiger partial charge < -0.3 is 15.4 Å². The van der Waals surface area contributed by atoms with E-state index < -0.39 is 0 Å². The summed E-state index contributed by atoms with van der Waals surface area (Å²) < 4.78 is 5.18. The number of thiocarbonyl (C=S) groups is 1. The molecule has 0 saturated carbocycles. The zero-order valence-corrected chi connectivity index (χ0v) is 15.7. The third kappa shape index (κ3) is 5.83. The summed E-state index contributed by atoms with van der Waals surface area (Å²) in [5.41, 5.74) is 6.67. The molecular weight excluding hydrogens is 356 g/mol. The van der Waals surface area contributed by atoms with Gasteiger partial charge in [0.1, 0.15) is 5.75 Å². The molecule has 5 nitrogen and oxygen atoms in total. The van der Waals surface area contributed by atoms with Crippen LogP contribution in [0.1, 0.15) is 5.56 Å². The average Bonchev–Trinajstić information content (AvgIpc) is 2.70. The minimum atomic E-state index is 0.405. The van der Waals surface area contributed by atoms with Gasteiger partial charge in [-0.05, 0) is 54.2 Å². The van der Waals surface area contributed by atoms with E-state index in [9.17, 15) is 0 Å². The van der Waals surface area contributed by atoms with Crippen LogP contribution in [-0.4, -0.2) is 18.4 Å². The molecule has 3 aromatic rings. The molecule has 0 atom stereocenters. The first kappa shape index (κ1) is 18.4. The van der Waals surface area contributed by atoms with E-state index in [1.165, 1.54) is 0 Å². The maximum atomic E-state index is 5.24. The second kappa shape index (κ2) is 9.35. The maximum Gasteiger partial charge on any atom is 0.191 e. The average molecular weight is 376 g/mol. The molecule has 0 radical (unpaired) electrons. The Bertz CT molecular complexity index is 911. The Morgan fingerprint density at radius 2 is 1.59 bits per heavy atom. The maximum absolute atomic E-state index is 5.24. The number of hydrazone groups is 1. The monoisotopic (exact) mass is 376 g/mol. The second-order valence-electron chi connectivity index (χ2n) is 5.67. The second-order valence-corrected chi connectivity index (χ2v) is 6.08. The van der Waals surface area contributed by atoms with Gasteiger partial charge in [-0.2, -0.15) is 5.10 Å². The summed E-state index contributed by atoms with van der Waals surface area (Å²) in [5, 5.41) is 11.0. The van der Waals surface area contributed by atoms with E-state index in [-0.39, 0.29) is 0 Å². The molecule has 0 fully saturated rings. The lowest BCUT2D eigenvalue weighted by Crippen LogP contribution is -2.23. The highest BCUT2D eigenvalue weighted by Gasteiger charge is 1.98. The molecule has 3 N–H and O–H groups in total. The van der Waals surface area contributed by atoms with Gasteiger partial charge in [0.25, 0.3) is 0 Å². The molecule has 0 heterocycles. The van der Waals surface area contributed by atoms with Gasteiger partial charge in [-0.15, -0.1) is 0 Å². The Labute approximate surface area is 164 Å². The Hall–Kier alpha value is -3.38. The minimum absolute atomic E-state index is 0.405. The smallest absolute Gasteiger partial charge is 0.191 e. The van der Waals surface area contributed by atoms with Crippen LogP contribution in [0.4, 0.5) is 17.1 Å². The van der Waals surface area contributed by atoms with Crippen LogP contribution in [0.3, 0.4) is 0 Å². The van der Waals surface area contributed by atoms with Crippen molar-refractivity contribution in [3.63, 3.8) is 0 Å². The summed E-state index contributed by atoms with van der Waals surface area (Å²) in [7, 11) is 1.63. The molecule has 0 aliphatic carbocycles. The molecule has 0 spiro atoms. The SMILES string of the molecule is COc1cccc(NC(=S)N/N=C\c2ccc(Nc3ccccc3)cc2)c1. The van der Waals surface area contributed by atoms with Gasteiger partial charge in [-0.3, -0.25) is 5.43 Å². The van der Waals surface area contributed by atoms with E-state index in [1.807, 2.05) is 78.9 Å². The zero-order valence-electron chi connectivity index (χ0n) is 14.8. The van der Waals surface area contributed by atoms with Gasteiger partial charge in [0, 0.05) is 23.1 Å². The molecule has 3 rings (SSSR count). The summed E-state index contributed by atoms with van der Waals surface area (Å²) in [6.07, 6.45) is 1.71. The van der Waals surface area contributed by atoms with Crippen LogP contribution >= 0.6 is 12.2 Å². The van der Waals surface area contributed by atoms with Crippen molar-refractivity contribution >= 4 is 40.6 Å². The molecular formula is C21H20N4OS. The number of nitrogens with zero attached hydrogens (tertiary/aromatic N) is 1. The van der Waals surface area contributed by atoms with Crippen LogP contribution in [0.2, 0.25) is 0 Å². The summed E-state index contributed by atoms with van der Waals surface area (Å²) in [6.45, 7) is 0. The Morgan fingerprint density at radius 3 is 2.33 bits per heavy atom. The number of para-hydroxylation sites is 1. The highest BCUT2D eigenvalue weighted by atomic mass is 32.1. The molecule has 0 unspecified atom stereocenters. The van der Waals surface area contributed by atoms with Crippen molar-refractivity contribution in [2.24, 2.45) is 5.10 Å². The summed E-state index contributed by atoms with van der Waals surface area (Å²) in [6, 6.07) is 25.5. The van der Waals surface area contributed by atoms with Crippen LogP contribution in [-0.2, 0) is 0 Å². The molecule has 0 amide bonds.